The van der Waals surface area contributed by atoms with Gasteiger partial charge in [-0.15, -0.1) is 28.2 Å². The van der Waals surface area contributed by atoms with Crippen molar-refractivity contribution in [3.8, 4) is 0 Å². The molecular weight excluding hydrogens is 547 g/mol. The van der Waals surface area contributed by atoms with Gasteiger partial charge in [0, 0.05) is 23.1 Å². The summed E-state index contributed by atoms with van der Waals surface area (Å²) < 4.78 is 2.34. The van der Waals surface area contributed by atoms with E-state index in [0.717, 1.165) is 21.2 Å². The number of carbonyl (C=O) groups excluding carboxylic acids is 3. The van der Waals surface area contributed by atoms with Crippen molar-refractivity contribution in [3.63, 3.8) is 0 Å². The number of carboxylic acid groups (broad SMARTS) is 1. The van der Waals surface area contributed by atoms with E-state index < -0.39 is 34.9 Å². The molecule has 3 aromatic rings. The third-order valence-corrected chi connectivity index (χ3v) is 9.10. The molecule has 0 aromatic carbocycles. The Morgan fingerprint density at radius 1 is 1.43 bits per heavy atom. The number of rotatable bonds is 7. The third-order valence-electron chi connectivity index (χ3n) is 4.93. The van der Waals surface area contributed by atoms with Gasteiger partial charge in [0.1, 0.15) is 17.1 Å². The molecule has 4 N–H and O–H groups in total. The van der Waals surface area contributed by atoms with Crippen LogP contribution in [0.15, 0.2) is 38.5 Å². The topological polar surface area (TPSA) is 191 Å². The molecule has 2 atom stereocenters. The summed E-state index contributed by atoms with van der Waals surface area (Å²) in [6, 6.07) is -1.000. The second kappa shape index (κ2) is 10.5. The standard InChI is InChI=1S/C17H14N8O5S4.Na/c18-15-20-7(5-32-15)8(23-30)11(26)21-9-12(27)25-10(14(28)29)6(3-31-13(9)25)4-33-17-22-24-2-1-19-16(24)34-17;/h1-2,5,9,13,30H,3-4H2,(H2,18,20)(H,21,26)(H,28,29);/q;+1/p-1/b23-8-;/t9-,13-;/m1./s1. The molecule has 18 heteroatoms. The van der Waals surface area contributed by atoms with Crippen LogP contribution < -0.4 is 45.7 Å². The number of thioether (sulfide) groups is 2. The summed E-state index contributed by atoms with van der Waals surface area (Å²) in [6.07, 6.45) is 3.35. The first-order chi connectivity index (χ1) is 16.4. The molecule has 5 heterocycles. The minimum absolute atomic E-state index is 0. The van der Waals surface area contributed by atoms with Crippen molar-refractivity contribution < 1.29 is 54.3 Å². The molecule has 0 aliphatic carbocycles. The average Bonchev–Trinajstić information content (AvgIpc) is 3.52. The first-order valence-electron chi connectivity index (χ1n) is 9.42. The van der Waals surface area contributed by atoms with Gasteiger partial charge in [0.15, 0.2) is 15.2 Å². The first-order valence-corrected chi connectivity index (χ1v) is 13.2. The van der Waals surface area contributed by atoms with Gasteiger partial charge in [-0.3, -0.25) is 14.5 Å². The Morgan fingerprint density at radius 3 is 2.89 bits per heavy atom. The Kier molecular flexibility index (Phi) is 7.74. The second-order valence-corrected chi connectivity index (χ2v) is 11.1. The number of aliphatic carboxylic acids is 1. The molecule has 0 saturated carbocycles. The number of fused-ring (bicyclic) bond motifs is 2. The quantitative estimate of drug-likeness (QED) is 0.0641. The van der Waals surface area contributed by atoms with Crippen molar-refractivity contribution in [1.29, 1.82) is 0 Å². The van der Waals surface area contributed by atoms with Crippen LogP contribution in [0.1, 0.15) is 5.69 Å². The number of imidazole rings is 1. The van der Waals surface area contributed by atoms with Gasteiger partial charge in [-0.05, 0) is 5.57 Å². The number of β-lactam (4-membered cyclic amide) rings is 1. The van der Waals surface area contributed by atoms with E-state index in [4.69, 9.17) is 5.73 Å². The van der Waals surface area contributed by atoms with E-state index >= 15 is 0 Å². The predicted molar refractivity (Wildman–Crippen MR) is 123 cm³/mol. The number of carbonyl (C=O) groups is 3. The smallest absolute Gasteiger partial charge is 0.543 e. The maximum atomic E-state index is 12.8. The van der Waals surface area contributed by atoms with E-state index in [0.29, 0.717) is 21.4 Å². The summed E-state index contributed by atoms with van der Waals surface area (Å²) in [5.74, 6) is -2.28. The number of thiazole rings is 1. The van der Waals surface area contributed by atoms with Gasteiger partial charge in [-0.25, -0.2) is 14.5 Å². The van der Waals surface area contributed by atoms with Gasteiger partial charge in [0.25, 0.3) is 11.8 Å². The molecule has 176 valence electrons. The Labute approximate surface area is 235 Å². The fourth-order valence-corrected chi connectivity index (χ4v) is 7.36. The molecule has 0 bridgehead atoms. The number of nitrogens with two attached hydrogens (primary N) is 1. The fourth-order valence-electron chi connectivity index (χ4n) is 3.43. The molecule has 0 spiro atoms. The van der Waals surface area contributed by atoms with Gasteiger partial charge >= 0.3 is 29.6 Å². The van der Waals surface area contributed by atoms with E-state index in [1.165, 1.54) is 40.2 Å². The van der Waals surface area contributed by atoms with Crippen LogP contribution >= 0.6 is 46.2 Å². The van der Waals surface area contributed by atoms with Crippen LogP contribution in [0, 0.1) is 0 Å². The molecular formula is C17H13N8NaO5S4. The van der Waals surface area contributed by atoms with E-state index in [2.05, 4.69) is 25.5 Å². The molecule has 0 radical (unpaired) electrons. The van der Waals surface area contributed by atoms with Crippen LogP contribution in [0.4, 0.5) is 5.13 Å². The third kappa shape index (κ3) is 4.81. The molecule has 5 rings (SSSR count). The molecule has 1 saturated heterocycles. The normalized spacial score (nSPS) is 19.8. The van der Waals surface area contributed by atoms with Gasteiger partial charge in [0.05, 0.1) is 17.9 Å². The Balaban J connectivity index is 0.00000289. The zero-order valence-corrected chi connectivity index (χ0v) is 23.0. The Bertz CT molecular complexity index is 1350. The van der Waals surface area contributed by atoms with Crippen molar-refractivity contribution in [1.82, 2.24) is 29.8 Å². The molecule has 2 amide bonds. The minimum Gasteiger partial charge on any atom is -0.543 e. The number of hydrogen-bond acceptors (Lipinski definition) is 14. The number of hydrogen-bond donors (Lipinski definition) is 3. The maximum Gasteiger partial charge on any atom is 1.00 e. The number of amides is 2. The van der Waals surface area contributed by atoms with Crippen LogP contribution in [0.5, 0.6) is 0 Å². The van der Waals surface area contributed by atoms with Crippen LogP contribution in [-0.4, -0.2) is 76.1 Å². The number of nitrogens with one attached hydrogen (secondary N) is 1. The van der Waals surface area contributed by atoms with Crippen LogP contribution in [0.25, 0.3) is 4.96 Å². The SMILES string of the molecule is Nc1nc(/C(=N/O)C(=O)N[C@@H]2C(=O)N3C(C(=O)[O-])=C(CSc4nn5ccnc5s4)CS[C@H]23)cs1.[Na+]. The van der Waals surface area contributed by atoms with Gasteiger partial charge in [-0.2, -0.15) is 0 Å². The van der Waals surface area contributed by atoms with E-state index in [1.54, 1.807) is 16.9 Å². The molecule has 2 aliphatic rings. The van der Waals surface area contributed by atoms with E-state index in [-0.39, 0.29) is 46.1 Å². The maximum absolute atomic E-state index is 12.8. The van der Waals surface area contributed by atoms with Crippen LogP contribution in [0.3, 0.4) is 0 Å². The second-order valence-electron chi connectivity index (χ2n) is 6.93. The molecule has 1 fully saturated rings. The largest absolute Gasteiger partial charge is 1.00 e. The summed E-state index contributed by atoms with van der Waals surface area (Å²) >= 11 is 5.08. The number of oxime groups is 1. The van der Waals surface area contributed by atoms with Crippen molar-refractivity contribution in [2.75, 3.05) is 17.2 Å². The van der Waals surface area contributed by atoms with Crippen LogP contribution in [-0.2, 0) is 14.4 Å². The van der Waals surface area contributed by atoms with Crippen molar-refractivity contribution in [2.45, 2.75) is 15.8 Å². The molecule has 0 unspecified atom stereocenters. The van der Waals surface area contributed by atoms with Gasteiger partial charge in [0.2, 0.25) is 4.96 Å². The number of nitrogens with zero attached hydrogens (tertiary/aromatic N) is 6. The number of anilines is 1. The van der Waals surface area contributed by atoms with Crippen molar-refractivity contribution in [2.24, 2.45) is 5.16 Å². The van der Waals surface area contributed by atoms with Crippen molar-refractivity contribution in [3.05, 3.63) is 34.7 Å². The Morgan fingerprint density at radius 2 is 2.23 bits per heavy atom. The summed E-state index contributed by atoms with van der Waals surface area (Å²) in [4.78, 5) is 47.2. The summed E-state index contributed by atoms with van der Waals surface area (Å²) in [5.41, 5.74) is 5.54. The zero-order chi connectivity index (χ0) is 24.0. The summed E-state index contributed by atoms with van der Waals surface area (Å²) in [7, 11) is 0. The molecule has 35 heavy (non-hydrogen) atoms. The van der Waals surface area contributed by atoms with E-state index in [1.807, 2.05) is 0 Å². The zero-order valence-electron chi connectivity index (χ0n) is 17.8. The average molecular weight is 561 g/mol. The predicted octanol–water partition coefficient (Wildman–Crippen LogP) is -3.79. The first kappa shape index (κ1) is 25.9. The summed E-state index contributed by atoms with van der Waals surface area (Å²) in [6.45, 7) is 0. The fraction of sp³-hybridized carbons (Fsp3) is 0.235. The van der Waals surface area contributed by atoms with Gasteiger partial charge in [-0.1, -0.05) is 28.3 Å². The molecule has 13 nitrogen and oxygen atoms in total. The molecule has 3 aromatic heterocycles. The summed E-state index contributed by atoms with van der Waals surface area (Å²) in [5, 5.41) is 32.0. The minimum atomic E-state index is -1.47. The van der Waals surface area contributed by atoms with E-state index in [9.17, 15) is 24.7 Å². The Hall–Kier alpha value is -2.15. The molecule has 2 aliphatic heterocycles. The number of carboxylic acids is 1. The number of aromatic nitrogens is 4. The van der Waals surface area contributed by atoms with Crippen LogP contribution in [0.2, 0.25) is 0 Å². The van der Waals surface area contributed by atoms with Gasteiger partial charge < -0.3 is 26.2 Å². The monoisotopic (exact) mass is 560 g/mol. The number of nitrogen functional groups attached to an aromatic ring is 1. The van der Waals surface area contributed by atoms with Crippen molar-refractivity contribution >= 4 is 79.8 Å².